The number of piperidine rings is 1. The van der Waals surface area contributed by atoms with Gasteiger partial charge in [-0.3, -0.25) is 14.5 Å². The smallest absolute Gasteiger partial charge is 0.340 e. The van der Waals surface area contributed by atoms with E-state index in [1.807, 2.05) is 66.1 Å². The first-order valence-corrected chi connectivity index (χ1v) is 15.3. The first kappa shape index (κ1) is 27.9. The molecule has 0 aliphatic carbocycles. The molecule has 2 aliphatic heterocycles. The summed E-state index contributed by atoms with van der Waals surface area (Å²) in [5, 5.41) is 1.54. The van der Waals surface area contributed by atoms with Crippen molar-refractivity contribution in [2.75, 3.05) is 24.6 Å². The van der Waals surface area contributed by atoms with Gasteiger partial charge in [0.15, 0.2) is 6.17 Å². The first-order chi connectivity index (χ1) is 21.6. The summed E-state index contributed by atoms with van der Waals surface area (Å²) in [6, 6.07) is 32.6. The molecule has 1 N–H and O–H groups in total. The van der Waals surface area contributed by atoms with Gasteiger partial charge in [0.25, 0.3) is 0 Å². The van der Waals surface area contributed by atoms with Crippen LogP contribution in [0.2, 0.25) is 0 Å². The lowest BCUT2D eigenvalue weighted by Crippen LogP contribution is -2.41. The van der Waals surface area contributed by atoms with Gasteiger partial charge in [0, 0.05) is 42.8 Å². The van der Waals surface area contributed by atoms with Crippen LogP contribution >= 0.6 is 0 Å². The second-order valence-corrected chi connectivity index (χ2v) is 11.4. The highest BCUT2D eigenvalue weighted by molar-refractivity contribution is 5.89. The molecule has 0 amide bonds. The van der Waals surface area contributed by atoms with Gasteiger partial charge in [-0.15, -0.1) is 0 Å². The number of hydrogen-bond acceptors (Lipinski definition) is 6. The zero-order valence-electron chi connectivity index (χ0n) is 24.7. The number of imidazole rings is 1. The maximum atomic E-state index is 12.8. The summed E-state index contributed by atoms with van der Waals surface area (Å²) < 4.78 is 7.28. The average molecular weight is 586 g/mol. The molecule has 0 bridgehead atoms. The van der Waals surface area contributed by atoms with Crippen LogP contribution in [0.1, 0.15) is 53.5 Å². The van der Waals surface area contributed by atoms with Crippen molar-refractivity contribution >= 4 is 28.9 Å². The quantitative estimate of drug-likeness (QED) is 0.274. The van der Waals surface area contributed by atoms with Crippen LogP contribution in [-0.2, 0) is 11.3 Å². The lowest BCUT2D eigenvalue weighted by molar-refractivity contribution is 0.0524. The van der Waals surface area contributed by atoms with Crippen molar-refractivity contribution < 1.29 is 9.53 Å². The van der Waals surface area contributed by atoms with Crippen molar-refractivity contribution in [1.29, 1.82) is 0 Å². The van der Waals surface area contributed by atoms with Gasteiger partial charge < -0.3 is 14.6 Å². The third-order valence-electron chi connectivity index (χ3n) is 8.64. The Kier molecular flexibility index (Phi) is 7.58. The highest BCUT2D eigenvalue weighted by atomic mass is 16.5. The Hall–Kier alpha value is -4.95. The number of aromatic nitrogens is 2. The lowest BCUT2D eigenvalue weighted by atomic mass is 10.0. The molecular formula is C36H35N5O3. The number of likely N-dealkylation sites (tertiary alicyclic amines) is 1. The molecule has 0 spiro atoms. The summed E-state index contributed by atoms with van der Waals surface area (Å²) in [5.74, 6) is -0.359. The number of H-pyrrole nitrogens is 1. The third kappa shape index (κ3) is 5.33. The second-order valence-electron chi connectivity index (χ2n) is 11.4. The number of fused-ring (bicyclic) bond motifs is 2. The number of hydrogen-bond donors (Lipinski definition) is 1. The van der Waals surface area contributed by atoms with Gasteiger partial charge in [-0.05, 0) is 61.2 Å². The van der Waals surface area contributed by atoms with Gasteiger partial charge in [-0.1, -0.05) is 66.7 Å². The number of anilines is 1. The fourth-order valence-electron chi connectivity index (χ4n) is 6.46. The molecule has 8 heteroatoms. The number of carbonyl (C=O) groups is 1. The molecule has 3 heterocycles. The molecule has 1 atom stereocenters. The van der Waals surface area contributed by atoms with Crippen molar-refractivity contribution in [3.05, 3.63) is 135 Å². The minimum atomic E-state index is -0.359. The SMILES string of the molecule is CCOC(=O)c1cccc2c1=NC(c1ccc(CN3CCC(n4c(=O)[nH]c5ccccc54)CC3)cc1)N(c1ccccc1)C=2. The summed E-state index contributed by atoms with van der Waals surface area (Å²) in [4.78, 5) is 38.2. The Morgan fingerprint density at radius 2 is 1.66 bits per heavy atom. The van der Waals surface area contributed by atoms with E-state index in [1.165, 1.54) is 5.56 Å². The molecule has 7 rings (SSSR count). The van der Waals surface area contributed by atoms with Gasteiger partial charge >= 0.3 is 11.7 Å². The number of carbonyl (C=O) groups excluding carboxylic acids is 1. The number of para-hydroxylation sites is 4. The van der Waals surface area contributed by atoms with Crippen LogP contribution in [0.25, 0.3) is 17.2 Å². The normalized spacial score (nSPS) is 17.1. The fourth-order valence-corrected chi connectivity index (χ4v) is 6.46. The van der Waals surface area contributed by atoms with E-state index < -0.39 is 0 Å². The van der Waals surface area contributed by atoms with Gasteiger partial charge in [0.2, 0.25) is 0 Å². The molecule has 1 saturated heterocycles. The summed E-state index contributed by atoms with van der Waals surface area (Å²) in [6.45, 7) is 4.83. The fraction of sp³-hybridized carbons (Fsp3) is 0.250. The van der Waals surface area contributed by atoms with Crippen LogP contribution in [0.3, 0.4) is 0 Å². The molecule has 0 radical (unpaired) electrons. The highest BCUT2D eigenvalue weighted by Crippen LogP contribution is 2.31. The molecule has 1 fully saturated rings. The van der Waals surface area contributed by atoms with E-state index in [1.54, 1.807) is 6.07 Å². The minimum absolute atomic E-state index is 0.0212. The number of rotatable bonds is 7. The average Bonchev–Trinajstić information content (AvgIpc) is 3.40. The topological polar surface area (TPSA) is 82.9 Å². The maximum absolute atomic E-state index is 12.8. The Labute approximate surface area is 255 Å². The molecule has 1 unspecified atom stereocenters. The monoisotopic (exact) mass is 585 g/mol. The van der Waals surface area contributed by atoms with E-state index in [0.29, 0.717) is 17.5 Å². The Morgan fingerprint density at radius 3 is 2.43 bits per heavy atom. The summed E-state index contributed by atoms with van der Waals surface area (Å²) in [6.07, 6.45) is 3.61. The predicted molar refractivity (Wildman–Crippen MR) is 172 cm³/mol. The van der Waals surface area contributed by atoms with Crippen LogP contribution in [0.5, 0.6) is 0 Å². The van der Waals surface area contributed by atoms with Crippen LogP contribution in [-0.4, -0.2) is 40.1 Å². The van der Waals surface area contributed by atoms with Crippen LogP contribution in [0, 0.1) is 0 Å². The molecule has 1 aromatic heterocycles. The molecule has 44 heavy (non-hydrogen) atoms. The standard InChI is InChI=1S/C36H35N5O3/c1-2-44-35(42)30-12-8-9-27-24-40(28-10-4-3-5-11-28)34(38-33(27)30)26-17-15-25(16-18-26)23-39-21-19-29(20-22-39)41-32-14-7-6-13-31(32)37-36(41)43/h3-18,24,29,34H,2,19-23H2,1H3,(H,37,43). The molecule has 0 saturated carbocycles. The van der Waals surface area contributed by atoms with Gasteiger partial charge in [-0.2, -0.15) is 0 Å². The molecular weight excluding hydrogens is 550 g/mol. The summed E-state index contributed by atoms with van der Waals surface area (Å²) in [5.41, 5.74) is 5.63. The van der Waals surface area contributed by atoms with Crippen molar-refractivity contribution in [3.8, 4) is 0 Å². The van der Waals surface area contributed by atoms with Gasteiger partial charge in [0.05, 0.1) is 28.6 Å². The number of nitrogens with one attached hydrogen (secondary N) is 1. The Bertz CT molecular complexity index is 1970. The highest BCUT2D eigenvalue weighted by Gasteiger charge is 2.25. The van der Waals surface area contributed by atoms with E-state index in [-0.39, 0.29) is 23.9 Å². The minimum Gasteiger partial charge on any atom is -0.462 e. The summed E-state index contributed by atoms with van der Waals surface area (Å²) in [7, 11) is 0. The zero-order valence-corrected chi connectivity index (χ0v) is 24.7. The largest absolute Gasteiger partial charge is 0.462 e. The van der Waals surface area contributed by atoms with Gasteiger partial charge in [0.1, 0.15) is 0 Å². The van der Waals surface area contributed by atoms with Crippen molar-refractivity contribution in [2.24, 2.45) is 4.99 Å². The van der Waals surface area contributed by atoms with Crippen molar-refractivity contribution in [1.82, 2.24) is 14.5 Å². The van der Waals surface area contributed by atoms with Gasteiger partial charge in [-0.25, -0.2) is 9.59 Å². The number of aromatic amines is 1. The number of ether oxygens (including phenoxy) is 1. The van der Waals surface area contributed by atoms with Crippen molar-refractivity contribution in [3.63, 3.8) is 0 Å². The Morgan fingerprint density at radius 1 is 0.909 bits per heavy atom. The van der Waals surface area contributed by atoms with Crippen LogP contribution < -0.4 is 21.2 Å². The van der Waals surface area contributed by atoms with E-state index in [9.17, 15) is 9.59 Å². The van der Waals surface area contributed by atoms with E-state index in [2.05, 4.69) is 57.4 Å². The Balaban J connectivity index is 1.11. The molecule has 4 aromatic carbocycles. The summed E-state index contributed by atoms with van der Waals surface area (Å²) >= 11 is 0. The van der Waals surface area contributed by atoms with E-state index in [0.717, 1.165) is 60.0 Å². The zero-order chi connectivity index (χ0) is 30.0. The number of benzene rings is 4. The number of nitrogens with zero attached hydrogens (tertiary/aromatic N) is 4. The maximum Gasteiger partial charge on any atom is 0.340 e. The van der Waals surface area contributed by atoms with E-state index in [4.69, 9.17) is 9.73 Å². The molecule has 222 valence electrons. The number of esters is 1. The van der Waals surface area contributed by atoms with E-state index >= 15 is 0 Å². The van der Waals surface area contributed by atoms with Crippen molar-refractivity contribution in [2.45, 2.75) is 38.5 Å². The lowest BCUT2D eigenvalue weighted by Gasteiger charge is -2.33. The molecule has 5 aromatic rings. The molecule has 8 nitrogen and oxygen atoms in total. The predicted octanol–water partition coefficient (Wildman–Crippen LogP) is 4.92. The first-order valence-electron chi connectivity index (χ1n) is 15.3. The van der Waals surface area contributed by atoms with Crippen LogP contribution in [0.4, 0.5) is 5.69 Å². The molecule has 2 aliphatic rings. The van der Waals surface area contributed by atoms with Crippen LogP contribution in [0.15, 0.2) is 107 Å². The third-order valence-corrected chi connectivity index (χ3v) is 8.64. The second kappa shape index (κ2) is 12.0.